The molecule has 0 bridgehead atoms. The quantitative estimate of drug-likeness (QED) is 0.626. The second kappa shape index (κ2) is 3.69. The first-order valence-electron chi connectivity index (χ1n) is 4.67. The van der Waals surface area contributed by atoms with Gasteiger partial charge in [0.2, 0.25) is 0 Å². The molecule has 0 radical (unpaired) electrons. The number of piperidine rings is 1. The van der Waals surface area contributed by atoms with E-state index >= 15 is 0 Å². The second-order valence-electron chi connectivity index (χ2n) is 3.69. The van der Waals surface area contributed by atoms with Crippen LogP contribution in [0.1, 0.15) is 33.1 Å². The molecule has 12 heavy (non-hydrogen) atoms. The number of alkyl halides is 2. The largest absolute Gasteiger partial charge is 0.295 e. The number of hydrogen-bond donors (Lipinski definition) is 0. The standard InChI is InChI=1S/C9H17F2N/c1-3-8(2)12-6-4-5-9(10,11)7-12/h8H,3-7H2,1-2H3. The lowest BCUT2D eigenvalue weighted by atomic mass is 10.0. The fraction of sp³-hybridized carbons (Fsp3) is 1.00. The van der Waals surface area contributed by atoms with Crippen LogP contribution < -0.4 is 0 Å². The molecule has 0 aromatic heterocycles. The highest BCUT2D eigenvalue weighted by molar-refractivity contribution is 4.81. The molecule has 3 heteroatoms. The summed E-state index contributed by atoms with van der Waals surface area (Å²) in [6, 6.07) is 0.302. The highest BCUT2D eigenvalue weighted by atomic mass is 19.3. The summed E-state index contributed by atoms with van der Waals surface area (Å²) in [6.45, 7) is 4.85. The summed E-state index contributed by atoms with van der Waals surface area (Å²) in [5, 5.41) is 0. The average Bonchev–Trinajstić information content (AvgIpc) is 2.01. The normalized spacial score (nSPS) is 27.0. The van der Waals surface area contributed by atoms with E-state index in [-0.39, 0.29) is 13.0 Å². The van der Waals surface area contributed by atoms with Gasteiger partial charge in [0.15, 0.2) is 0 Å². The Kier molecular flexibility index (Phi) is 3.04. The van der Waals surface area contributed by atoms with Crippen LogP contribution in [0.25, 0.3) is 0 Å². The minimum atomic E-state index is -2.44. The van der Waals surface area contributed by atoms with Crippen molar-refractivity contribution < 1.29 is 8.78 Å². The van der Waals surface area contributed by atoms with Gasteiger partial charge in [0.25, 0.3) is 5.92 Å². The van der Waals surface area contributed by atoms with Crippen molar-refractivity contribution in [3.05, 3.63) is 0 Å². The molecule has 1 unspecified atom stereocenters. The Labute approximate surface area is 72.7 Å². The molecular formula is C9H17F2N. The monoisotopic (exact) mass is 177 g/mol. The number of hydrogen-bond acceptors (Lipinski definition) is 1. The molecule has 1 rings (SSSR count). The van der Waals surface area contributed by atoms with E-state index < -0.39 is 5.92 Å². The molecule has 1 aliphatic rings. The second-order valence-corrected chi connectivity index (χ2v) is 3.69. The van der Waals surface area contributed by atoms with Gasteiger partial charge < -0.3 is 0 Å². The van der Waals surface area contributed by atoms with Crippen molar-refractivity contribution in [2.45, 2.75) is 45.1 Å². The van der Waals surface area contributed by atoms with Crippen LogP contribution in [0.2, 0.25) is 0 Å². The number of halogens is 2. The molecule has 0 aromatic carbocycles. The van der Waals surface area contributed by atoms with Crippen LogP contribution in [0.3, 0.4) is 0 Å². The molecule has 1 fully saturated rings. The Bertz CT molecular complexity index is 147. The molecular weight excluding hydrogens is 160 g/mol. The zero-order valence-corrected chi connectivity index (χ0v) is 7.82. The van der Waals surface area contributed by atoms with Crippen molar-refractivity contribution in [1.29, 1.82) is 0 Å². The summed E-state index contributed by atoms with van der Waals surface area (Å²) in [4.78, 5) is 1.89. The third-order valence-corrected chi connectivity index (χ3v) is 2.64. The van der Waals surface area contributed by atoms with E-state index in [9.17, 15) is 8.78 Å². The molecule has 1 nitrogen and oxygen atoms in total. The Hall–Kier alpha value is -0.180. The maximum absolute atomic E-state index is 12.9. The minimum absolute atomic E-state index is 0.0397. The first kappa shape index (κ1) is 9.90. The molecule has 1 atom stereocenters. The number of rotatable bonds is 2. The van der Waals surface area contributed by atoms with Crippen LogP contribution in [0.15, 0.2) is 0 Å². The molecule has 1 aliphatic heterocycles. The molecule has 1 heterocycles. The Morgan fingerprint density at radius 3 is 2.67 bits per heavy atom. The van der Waals surface area contributed by atoms with E-state index in [1.54, 1.807) is 0 Å². The van der Waals surface area contributed by atoms with E-state index in [1.165, 1.54) is 0 Å². The molecule has 0 spiro atoms. The van der Waals surface area contributed by atoms with Gasteiger partial charge in [-0.05, 0) is 26.3 Å². The first-order chi connectivity index (χ1) is 5.55. The predicted molar refractivity (Wildman–Crippen MR) is 45.5 cm³/mol. The summed E-state index contributed by atoms with van der Waals surface area (Å²) in [5.41, 5.74) is 0. The highest BCUT2D eigenvalue weighted by Crippen LogP contribution is 2.27. The van der Waals surface area contributed by atoms with Gasteiger partial charge in [-0.2, -0.15) is 0 Å². The molecule has 0 aromatic rings. The van der Waals surface area contributed by atoms with E-state index in [0.29, 0.717) is 12.5 Å². The third kappa shape index (κ3) is 2.41. The van der Waals surface area contributed by atoms with Crippen LogP contribution in [-0.4, -0.2) is 30.0 Å². The predicted octanol–water partition coefficient (Wildman–Crippen LogP) is 2.52. The van der Waals surface area contributed by atoms with Crippen molar-refractivity contribution in [3.63, 3.8) is 0 Å². The zero-order valence-electron chi connectivity index (χ0n) is 7.82. The van der Waals surface area contributed by atoms with Gasteiger partial charge in [-0.25, -0.2) is 8.78 Å². The maximum atomic E-state index is 12.9. The van der Waals surface area contributed by atoms with Crippen LogP contribution in [0.4, 0.5) is 8.78 Å². The first-order valence-corrected chi connectivity index (χ1v) is 4.67. The maximum Gasteiger partial charge on any atom is 0.260 e. The third-order valence-electron chi connectivity index (χ3n) is 2.64. The summed E-state index contributed by atoms with van der Waals surface area (Å²) < 4.78 is 25.8. The average molecular weight is 177 g/mol. The molecule has 0 saturated carbocycles. The van der Waals surface area contributed by atoms with E-state index in [2.05, 4.69) is 0 Å². The van der Waals surface area contributed by atoms with Gasteiger partial charge in [0.1, 0.15) is 0 Å². The fourth-order valence-corrected chi connectivity index (χ4v) is 1.63. The van der Waals surface area contributed by atoms with Gasteiger partial charge in [-0.15, -0.1) is 0 Å². The molecule has 0 aliphatic carbocycles. The van der Waals surface area contributed by atoms with Crippen LogP contribution in [0, 0.1) is 0 Å². The fourth-order valence-electron chi connectivity index (χ4n) is 1.63. The summed E-state index contributed by atoms with van der Waals surface area (Å²) in [5.74, 6) is -2.44. The number of nitrogens with zero attached hydrogens (tertiary/aromatic N) is 1. The minimum Gasteiger partial charge on any atom is -0.295 e. The lowest BCUT2D eigenvalue weighted by molar-refractivity contribution is -0.0734. The summed E-state index contributed by atoms with van der Waals surface area (Å²) >= 11 is 0. The molecule has 1 saturated heterocycles. The van der Waals surface area contributed by atoms with Crippen molar-refractivity contribution in [1.82, 2.24) is 4.90 Å². The van der Waals surface area contributed by atoms with Crippen LogP contribution >= 0.6 is 0 Å². The summed E-state index contributed by atoms with van der Waals surface area (Å²) in [7, 11) is 0. The molecule has 72 valence electrons. The molecule has 0 N–H and O–H groups in total. The van der Waals surface area contributed by atoms with Crippen LogP contribution in [-0.2, 0) is 0 Å². The van der Waals surface area contributed by atoms with E-state index in [0.717, 1.165) is 13.0 Å². The highest BCUT2D eigenvalue weighted by Gasteiger charge is 2.36. The van der Waals surface area contributed by atoms with E-state index in [1.807, 2.05) is 18.7 Å². The van der Waals surface area contributed by atoms with Crippen molar-refractivity contribution in [2.75, 3.05) is 13.1 Å². The SMILES string of the molecule is CCC(C)N1CCCC(F)(F)C1. The topological polar surface area (TPSA) is 3.24 Å². The van der Waals surface area contributed by atoms with E-state index in [4.69, 9.17) is 0 Å². The van der Waals surface area contributed by atoms with Gasteiger partial charge in [0.05, 0.1) is 6.54 Å². The Balaban J connectivity index is 2.46. The van der Waals surface area contributed by atoms with Crippen LogP contribution in [0.5, 0.6) is 0 Å². The van der Waals surface area contributed by atoms with Crippen molar-refractivity contribution >= 4 is 0 Å². The van der Waals surface area contributed by atoms with Crippen molar-refractivity contribution in [2.24, 2.45) is 0 Å². The smallest absolute Gasteiger partial charge is 0.260 e. The molecule has 0 amide bonds. The summed E-state index contributed by atoms with van der Waals surface area (Å²) in [6.07, 6.45) is 1.66. The lowest BCUT2D eigenvalue weighted by Crippen LogP contribution is -2.46. The zero-order chi connectivity index (χ0) is 9.19. The van der Waals surface area contributed by atoms with Gasteiger partial charge in [0, 0.05) is 12.5 Å². The Morgan fingerprint density at radius 2 is 2.17 bits per heavy atom. The lowest BCUT2D eigenvalue weighted by Gasteiger charge is -2.36. The van der Waals surface area contributed by atoms with Gasteiger partial charge in [-0.3, -0.25) is 4.90 Å². The van der Waals surface area contributed by atoms with Gasteiger partial charge in [-0.1, -0.05) is 6.92 Å². The number of likely N-dealkylation sites (tertiary alicyclic amines) is 1. The Morgan fingerprint density at radius 1 is 1.50 bits per heavy atom. The van der Waals surface area contributed by atoms with Crippen molar-refractivity contribution in [3.8, 4) is 0 Å². The van der Waals surface area contributed by atoms with Gasteiger partial charge >= 0.3 is 0 Å².